The van der Waals surface area contributed by atoms with Crippen LogP contribution < -0.4 is 5.32 Å². The molecule has 2 aliphatic heterocycles. The molecular weight excluding hydrogens is 410 g/mol. The van der Waals surface area contributed by atoms with Crippen LogP contribution in [-0.4, -0.2) is 59.2 Å². The van der Waals surface area contributed by atoms with Crippen LogP contribution in [0.1, 0.15) is 43.5 Å². The van der Waals surface area contributed by atoms with Crippen LogP contribution in [0.25, 0.3) is 0 Å². The second-order valence-electron chi connectivity index (χ2n) is 7.62. The van der Waals surface area contributed by atoms with Crippen LogP contribution in [-0.2, 0) is 9.59 Å². The van der Waals surface area contributed by atoms with Crippen molar-refractivity contribution in [3.8, 4) is 0 Å². The molecule has 2 aliphatic rings. The number of hydrogen-bond donors (Lipinski definition) is 1. The van der Waals surface area contributed by atoms with E-state index in [9.17, 15) is 14.4 Å². The number of rotatable bonds is 4. The van der Waals surface area contributed by atoms with E-state index in [4.69, 9.17) is 0 Å². The van der Waals surface area contributed by atoms with Crippen LogP contribution in [0, 0.1) is 5.92 Å². The van der Waals surface area contributed by atoms with Gasteiger partial charge in [-0.05, 0) is 51.0 Å². The van der Waals surface area contributed by atoms with Gasteiger partial charge in [-0.25, -0.2) is 0 Å². The monoisotopic (exact) mass is 435 g/mol. The van der Waals surface area contributed by atoms with Crippen molar-refractivity contribution < 1.29 is 14.4 Å². The minimum absolute atomic E-state index is 0.0694. The molecule has 0 spiro atoms. The molecule has 3 rings (SSSR count). The molecule has 1 aromatic carbocycles. The number of carbonyl (C=O) groups excluding carboxylic acids is 3. The molecule has 7 heteroatoms. The third kappa shape index (κ3) is 4.69. The number of likely N-dealkylation sites (tertiary alicyclic amines) is 2. The molecule has 27 heavy (non-hydrogen) atoms. The number of carbonyl (C=O) groups is 3. The summed E-state index contributed by atoms with van der Waals surface area (Å²) >= 11 is 3.36. The van der Waals surface area contributed by atoms with Crippen molar-refractivity contribution in [2.24, 2.45) is 5.92 Å². The zero-order valence-electron chi connectivity index (χ0n) is 15.8. The Bertz CT molecular complexity index is 712. The minimum atomic E-state index is -0.228. The van der Waals surface area contributed by atoms with E-state index in [1.165, 1.54) is 0 Å². The zero-order valence-corrected chi connectivity index (χ0v) is 17.4. The average Bonchev–Trinajstić information content (AvgIpc) is 3.04. The largest absolute Gasteiger partial charge is 0.349 e. The smallest absolute Gasteiger partial charge is 0.251 e. The molecule has 6 nitrogen and oxygen atoms in total. The lowest BCUT2D eigenvalue weighted by Gasteiger charge is -2.34. The number of hydrogen-bond acceptors (Lipinski definition) is 3. The maximum atomic E-state index is 12.8. The average molecular weight is 436 g/mol. The fraction of sp³-hybridized carbons (Fsp3) is 0.550. The first kappa shape index (κ1) is 19.9. The summed E-state index contributed by atoms with van der Waals surface area (Å²) in [5.41, 5.74) is 0.634. The van der Waals surface area contributed by atoms with Crippen molar-refractivity contribution in [1.29, 1.82) is 0 Å². The molecule has 2 heterocycles. The summed E-state index contributed by atoms with van der Waals surface area (Å²) in [7, 11) is 0. The van der Waals surface area contributed by atoms with E-state index in [0.717, 1.165) is 17.3 Å². The van der Waals surface area contributed by atoms with Crippen molar-refractivity contribution in [3.63, 3.8) is 0 Å². The van der Waals surface area contributed by atoms with Gasteiger partial charge in [0.2, 0.25) is 11.8 Å². The second kappa shape index (κ2) is 8.42. The van der Waals surface area contributed by atoms with Gasteiger partial charge in [-0.15, -0.1) is 0 Å². The Kier molecular flexibility index (Phi) is 6.19. The van der Waals surface area contributed by atoms with Gasteiger partial charge in [0.25, 0.3) is 5.91 Å². The Balaban J connectivity index is 1.49. The van der Waals surface area contributed by atoms with Gasteiger partial charge >= 0.3 is 0 Å². The van der Waals surface area contributed by atoms with E-state index in [2.05, 4.69) is 21.2 Å². The molecule has 0 saturated carbocycles. The molecule has 1 aromatic rings. The lowest BCUT2D eigenvalue weighted by atomic mass is 10.0. The summed E-state index contributed by atoms with van der Waals surface area (Å²) in [6, 6.07) is 7.47. The predicted octanol–water partition coefficient (Wildman–Crippen LogP) is 2.43. The minimum Gasteiger partial charge on any atom is -0.349 e. The zero-order chi connectivity index (χ0) is 19.6. The molecule has 146 valence electrons. The maximum Gasteiger partial charge on any atom is 0.251 e. The predicted molar refractivity (Wildman–Crippen MR) is 106 cm³/mol. The summed E-state index contributed by atoms with van der Waals surface area (Å²) in [4.78, 5) is 40.8. The van der Waals surface area contributed by atoms with Crippen LogP contribution in [0.5, 0.6) is 0 Å². The standard InChI is InChI=1S/C20H26BrN3O3/c1-13(2)24-12-15(11-18(24)25)20(27)23-9-7-17(8-10-23)22-19(26)14-3-5-16(21)6-4-14/h3-6,13,15,17H,7-12H2,1-2H3,(H,22,26). The number of amides is 3. The van der Waals surface area contributed by atoms with Gasteiger partial charge in [0.1, 0.15) is 0 Å². The number of piperidine rings is 1. The Morgan fingerprint density at radius 1 is 1.15 bits per heavy atom. The van der Waals surface area contributed by atoms with Crippen molar-refractivity contribution in [2.75, 3.05) is 19.6 Å². The number of halogens is 1. The summed E-state index contributed by atoms with van der Waals surface area (Å²) in [6.45, 7) is 5.72. The first-order valence-electron chi connectivity index (χ1n) is 9.50. The molecule has 0 aromatic heterocycles. The Morgan fingerprint density at radius 2 is 1.78 bits per heavy atom. The third-order valence-electron chi connectivity index (χ3n) is 5.38. The normalized spacial score (nSPS) is 21.0. The van der Waals surface area contributed by atoms with Crippen molar-refractivity contribution >= 4 is 33.7 Å². The van der Waals surface area contributed by atoms with Crippen LogP contribution in [0.4, 0.5) is 0 Å². The maximum absolute atomic E-state index is 12.8. The topological polar surface area (TPSA) is 69.7 Å². The van der Waals surface area contributed by atoms with Gasteiger partial charge < -0.3 is 15.1 Å². The first-order chi connectivity index (χ1) is 12.8. The number of nitrogens with zero attached hydrogens (tertiary/aromatic N) is 2. The molecular formula is C20H26BrN3O3. The fourth-order valence-electron chi connectivity index (χ4n) is 3.77. The highest BCUT2D eigenvalue weighted by Crippen LogP contribution is 2.24. The molecule has 0 aliphatic carbocycles. The second-order valence-corrected chi connectivity index (χ2v) is 8.54. The molecule has 0 bridgehead atoms. The quantitative estimate of drug-likeness (QED) is 0.789. The van der Waals surface area contributed by atoms with Gasteiger partial charge in [0, 0.05) is 48.2 Å². The Morgan fingerprint density at radius 3 is 2.33 bits per heavy atom. The van der Waals surface area contributed by atoms with Crippen molar-refractivity contribution in [1.82, 2.24) is 15.1 Å². The van der Waals surface area contributed by atoms with Gasteiger partial charge in [-0.3, -0.25) is 14.4 Å². The van der Waals surface area contributed by atoms with E-state index in [1.807, 2.05) is 30.9 Å². The molecule has 0 radical (unpaired) electrons. The molecule has 3 amide bonds. The lowest BCUT2D eigenvalue weighted by molar-refractivity contribution is -0.136. The molecule has 1 N–H and O–H groups in total. The SMILES string of the molecule is CC(C)N1CC(C(=O)N2CCC(NC(=O)c3ccc(Br)cc3)CC2)CC1=O. The summed E-state index contributed by atoms with van der Waals surface area (Å²) in [5.74, 6) is -0.167. The summed E-state index contributed by atoms with van der Waals surface area (Å²) in [6.07, 6.45) is 1.79. The molecule has 2 fully saturated rings. The lowest BCUT2D eigenvalue weighted by Crippen LogP contribution is -2.48. The van der Waals surface area contributed by atoms with Gasteiger partial charge in [-0.1, -0.05) is 15.9 Å². The van der Waals surface area contributed by atoms with Crippen molar-refractivity contribution in [2.45, 2.75) is 45.2 Å². The highest BCUT2D eigenvalue weighted by atomic mass is 79.9. The van der Waals surface area contributed by atoms with E-state index in [0.29, 0.717) is 31.6 Å². The highest BCUT2D eigenvalue weighted by Gasteiger charge is 2.38. The highest BCUT2D eigenvalue weighted by molar-refractivity contribution is 9.10. The number of nitrogens with one attached hydrogen (secondary N) is 1. The molecule has 1 atom stereocenters. The third-order valence-corrected chi connectivity index (χ3v) is 5.91. The van der Waals surface area contributed by atoms with E-state index < -0.39 is 0 Å². The van der Waals surface area contributed by atoms with Gasteiger partial charge in [0.15, 0.2) is 0 Å². The van der Waals surface area contributed by atoms with Crippen LogP contribution >= 0.6 is 15.9 Å². The van der Waals surface area contributed by atoms with Gasteiger partial charge in [-0.2, -0.15) is 0 Å². The molecule has 2 saturated heterocycles. The van der Waals surface area contributed by atoms with Crippen molar-refractivity contribution in [3.05, 3.63) is 34.3 Å². The van der Waals surface area contributed by atoms with Gasteiger partial charge in [0.05, 0.1) is 5.92 Å². The fourth-order valence-corrected chi connectivity index (χ4v) is 4.03. The van der Waals surface area contributed by atoms with E-state index in [-0.39, 0.29) is 35.7 Å². The van der Waals surface area contributed by atoms with Crippen LogP contribution in [0.3, 0.4) is 0 Å². The number of benzene rings is 1. The first-order valence-corrected chi connectivity index (χ1v) is 10.3. The summed E-state index contributed by atoms with van der Waals surface area (Å²) in [5, 5.41) is 3.06. The molecule has 1 unspecified atom stereocenters. The Hall–Kier alpha value is -1.89. The van der Waals surface area contributed by atoms with Crippen LogP contribution in [0.2, 0.25) is 0 Å². The van der Waals surface area contributed by atoms with E-state index >= 15 is 0 Å². The van der Waals surface area contributed by atoms with E-state index in [1.54, 1.807) is 17.0 Å². The van der Waals surface area contributed by atoms with Crippen LogP contribution in [0.15, 0.2) is 28.7 Å². The Labute approximate surface area is 168 Å². The summed E-state index contributed by atoms with van der Waals surface area (Å²) < 4.78 is 0.937.